The molecule has 2 unspecified atom stereocenters. The maximum absolute atomic E-state index is 9.49. The third-order valence-electron chi connectivity index (χ3n) is 2.61. The number of hydrogen-bond donors (Lipinski definition) is 2. The largest absolute Gasteiger partial charge is 0.379 e. The predicted molar refractivity (Wildman–Crippen MR) is 59.9 cm³/mol. The Morgan fingerprint density at radius 1 is 1.36 bits per heavy atom. The third kappa shape index (κ3) is 2.35. The van der Waals surface area contributed by atoms with Crippen molar-refractivity contribution in [2.45, 2.75) is 31.5 Å². The molecule has 0 aromatic heterocycles. The normalized spacial score (nSPS) is 27.6. The molecule has 0 amide bonds. The van der Waals surface area contributed by atoms with Crippen molar-refractivity contribution in [2.75, 3.05) is 0 Å². The Labute approximate surface area is 92.5 Å². The van der Waals surface area contributed by atoms with Crippen LogP contribution in [0.25, 0.3) is 0 Å². The van der Waals surface area contributed by atoms with Gasteiger partial charge in [0.25, 0.3) is 0 Å². The molecular weight excluding hydrogens is 242 g/mol. The molecule has 0 radical (unpaired) electrons. The van der Waals surface area contributed by atoms with Gasteiger partial charge in [0.2, 0.25) is 0 Å². The monoisotopic (exact) mass is 255 g/mol. The maximum atomic E-state index is 9.49. The molecule has 2 N–H and O–H groups in total. The lowest BCUT2D eigenvalue weighted by Gasteiger charge is -2.28. The Balaban J connectivity index is 2.14. The standard InChI is InChI=1S/C11H14BrNO/c12-9-4-1-3-8(7-9)10-5-2-6-11(14)13-10/h1,3-4,7,10-11,13-14H,2,5-6H2. The number of piperidine rings is 1. The number of halogens is 1. The molecule has 1 aliphatic heterocycles. The molecular formula is C11H14BrNO. The lowest BCUT2D eigenvalue weighted by Crippen LogP contribution is -2.36. The number of nitrogens with one attached hydrogen (secondary N) is 1. The lowest BCUT2D eigenvalue weighted by atomic mass is 9.97. The summed E-state index contributed by atoms with van der Waals surface area (Å²) in [6, 6.07) is 8.55. The van der Waals surface area contributed by atoms with E-state index in [9.17, 15) is 5.11 Å². The predicted octanol–water partition coefficient (Wildman–Crippen LogP) is 2.58. The zero-order chi connectivity index (χ0) is 9.97. The highest BCUT2D eigenvalue weighted by molar-refractivity contribution is 9.10. The minimum absolute atomic E-state index is 0.302. The fraction of sp³-hybridized carbons (Fsp3) is 0.455. The SMILES string of the molecule is OC1CCCC(c2cccc(Br)c2)N1. The van der Waals surface area contributed by atoms with Crippen LogP contribution < -0.4 is 5.32 Å². The topological polar surface area (TPSA) is 32.3 Å². The van der Waals surface area contributed by atoms with Gasteiger partial charge in [-0.25, -0.2) is 0 Å². The highest BCUT2D eigenvalue weighted by Gasteiger charge is 2.20. The maximum Gasteiger partial charge on any atom is 0.105 e. The summed E-state index contributed by atoms with van der Waals surface area (Å²) >= 11 is 3.45. The van der Waals surface area contributed by atoms with Crippen LogP contribution in [0.4, 0.5) is 0 Å². The summed E-state index contributed by atoms with van der Waals surface area (Å²) in [6.07, 6.45) is 2.72. The van der Waals surface area contributed by atoms with Crippen LogP contribution in [0.3, 0.4) is 0 Å². The van der Waals surface area contributed by atoms with Crippen molar-refractivity contribution in [1.82, 2.24) is 5.32 Å². The molecule has 0 spiro atoms. The second-order valence-corrected chi connectivity index (χ2v) is 4.64. The molecule has 2 atom stereocenters. The van der Waals surface area contributed by atoms with E-state index in [-0.39, 0.29) is 6.23 Å². The molecule has 2 nitrogen and oxygen atoms in total. The van der Waals surface area contributed by atoms with Crippen LogP contribution in [0.5, 0.6) is 0 Å². The highest BCUT2D eigenvalue weighted by Crippen LogP contribution is 2.26. The molecule has 0 saturated carbocycles. The number of benzene rings is 1. The number of rotatable bonds is 1. The van der Waals surface area contributed by atoms with E-state index in [0.717, 1.165) is 23.7 Å². The van der Waals surface area contributed by atoms with Crippen LogP contribution in [0.15, 0.2) is 28.7 Å². The average molecular weight is 256 g/mol. The van der Waals surface area contributed by atoms with Crippen molar-refractivity contribution in [3.05, 3.63) is 34.3 Å². The molecule has 14 heavy (non-hydrogen) atoms. The van der Waals surface area contributed by atoms with E-state index < -0.39 is 0 Å². The summed E-state index contributed by atoms with van der Waals surface area (Å²) in [5.41, 5.74) is 1.25. The lowest BCUT2D eigenvalue weighted by molar-refractivity contribution is 0.0852. The summed E-state index contributed by atoms with van der Waals surface area (Å²) in [6.45, 7) is 0. The molecule has 1 saturated heterocycles. The first-order chi connectivity index (χ1) is 6.75. The molecule has 0 aliphatic carbocycles. The Bertz CT molecular complexity index is 316. The van der Waals surface area contributed by atoms with E-state index in [1.807, 2.05) is 12.1 Å². The molecule has 2 rings (SSSR count). The summed E-state index contributed by atoms with van der Waals surface area (Å²) in [5.74, 6) is 0. The Hall–Kier alpha value is -0.380. The van der Waals surface area contributed by atoms with Crippen LogP contribution in [0.2, 0.25) is 0 Å². The van der Waals surface area contributed by atoms with Crippen molar-refractivity contribution >= 4 is 15.9 Å². The first-order valence-electron chi connectivity index (χ1n) is 4.95. The summed E-state index contributed by atoms with van der Waals surface area (Å²) < 4.78 is 1.09. The van der Waals surface area contributed by atoms with Gasteiger partial charge in [0, 0.05) is 10.5 Å². The summed E-state index contributed by atoms with van der Waals surface area (Å²) in [7, 11) is 0. The molecule has 0 bridgehead atoms. The van der Waals surface area contributed by atoms with Gasteiger partial charge in [0.15, 0.2) is 0 Å². The van der Waals surface area contributed by atoms with E-state index >= 15 is 0 Å². The molecule has 76 valence electrons. The van der Waals surface area contributed by atoms with Gasteiger partial charge in [0.05, 0.1) is 0 Å². The fourth-order valence-electron chi connectivity index (χ4n) is 1.90. The van der Waals surface area contributed by atoms with E-state index in [2.05, 4.69) is 33.4 Å². The van der Waals surface area contributed by atoms with Crippen molar-refractivity contribution in [3.63, 3.8) is 0 Å². The van der Waals surface area contributed by atoms with Gasteiger partial charge in [-0.1, -0.05) is 28.1 Å². The van der Waals surface area contributed by atoms with E-state index in [4.69, 9.17) is 0 Å². The van der Waals surface area contributed by atoms with Gasteiger partial charge in [0.1, 0.15) is 6.23 Å². The highest BCUT2D eigenvalue weighted by atomic mass is 79.9. The molecule has 1 aromatic carbocycles. The summed E-state index contributed by atoms with van der Waals surface area (Å²) in [4.78, 5) is 0. The third-order valence-corrected chi connectivity index (χ3v) is 3.11. The van der Waals surface area contributed by atoms with E-state index in [0.29, 0.717) is 6.04 Å². The Morgan fingerprint density at radius 3 is 2.93 bits per heavy atom. The smallest absolute Gasteiger partial charge is 0.105 e. The second-order valence-electron chi connectivity index (χ2n) is 3.72. The molecule has 3 heteroatoms. The van der Waals surface area contributed by atoms with Crippen LogP contribution >= 0.6 is 15.9 Å². The average Bonchev–Trinajstić information content (AvgIpc) is 2.18. The Kier molecular flexibility index (Phi) is 3.21. The van der Waals surface area contributed by atoms with Crippen molar-refractivity contribution in [2.24, 2.45) is 0 Å². The van der Waals surface area contributed by atoms with Gasteiger partial charge in [-0.3, -0.25) is 5.32 Å². The van der Waals surface area contributed by atoms with Gasteiger partial charge in [-0.2, -0.15) is 0 Å². The van der Waals surface area contributed by atoms with Gasteiger partial charge in [-0.05, 0) is 37.0 Å². The first kappa shape index (κ1) is 10.1. The fourth-order valence-corrected chi connectivity index (χ4v) is 2.32. The van der Waals surface area contributed by atoms with E-state index in [1.165, 1.54) is 5.56 Å². The van der Waals surface area contributed by atoms with Crippen LogP contribution in [0, 0.1) is 0 Å². The van der Waals surface area contributed by atoms with Gasteiger partial charge >= 0.3 is 0 Å². The minimum Gasteiger partial charge on any atom is -0.379 e. The molecule has 1 aromatic rings. The zero-order valence-electron chi connectivity index (χ0n) is 7.91. The zero-order valence-corrected chi connectivity index (χ0v) is 9.50. The van der Waals surface area contributed by atoms with Crippen LogP contribution in [-0.4, -0.2) is 11.3 Å². The van der Waals surface area contributed by atoms with Crippen LogP contribution in [-0.2, 0) is 0 Å². The van der Waals surface area contributed by atoms with Gasteiger partial charge in [-0.15, -0.1) is 0 Å². The number of aliphatic hydroxyl groups excluding tert-OH is 1. The molecule has 1 fully saturated rings. The first-order valence-corrected chi connectivity index (χ1v) is 5.74. The van der Waals surface area contributed by atoms with Crippen molar-refractivity contribution in [3.8, 4) is 0 Å². The quantitative estimate of drug-likeness (QED) is 0.809. The summed E-state index contributed by atoms with van der Waals surface area (Å²) in [5, 5.41) is 12.7. The Morgan fingerprint density at radius 2 is 2.21 bits per heavy atom. The van der Waals surface area contributed by atoms with Gasteiger partial charge < -0.3 is 5.11 Å². The van der Waals surface area contributed by atoms with Crippen molar-refractivity contribution < 1.29 is 5.11 Å². The minimum atomic E-state index is -0.340. The number of hydrogen-bond acceptors (Lipinski definition) is 2. The second kappa shape index (κ2) is 4.43. The molecule has 1 aliphatic rings. The number of aliphatic hydroxyl groups is 1. The molecule has 1 heterocycles. The van der Waals surface area contributed by atoms with E-state index in [1.54, 1.807) is 0 Å². The van der Waals surface area contributed by atoms with Crippen LogP contribution in [0.1, 0.15) is 30.9 Å². The van der Waals surface area contributed by atoms with Crippen molar-refractivity contribution in [1.29, 1.82) is 0 Å².